The van der Waals surface area contributed by atoms with Crippen LogP contribution < -0.4 is 4.74 Å². The number of fused-ring (bicyclic) bond motifs is 1. The van der Waals surface area contributed by atoms with Crippen LogP contribution in [0.25, 0.3) is 28.0 Å². The Morgan fingerprint density at radius 3 is 2.56 bits per heavy atom. The first kappa shape index (κ1) is 20.1. The van der Waals surface area contributed by atoms with Crippen molar-refractivity contribution < 1.29 is 23.0 Å². The van der Waals surface area contributed by atoms with Crippen LogP contribution >= 0.6 is 0 Å². The number of alkyl halides is 2. The highest BCUT2D eigenvalue weighted by Crippen LogP contribution is 2.44. The Labute approximate surface area is 182 Å². The molecule has 1 fully saturated rings. The maximum Gasteiger partial charge on any atom is 0.387 e. The highest BCUT2D eigenvalue weighted by Gasteiger charge is 2.33. The zero-order valence-electron chi connectivity index (χ0n) is 17.2. The van der Waals surface area contributed by atoms with Crippen LogP contribution in [0.4, 0.5) is 8.78 Å². The van der Waals surface area contributed by atoms with E-state index in [9.17, 15) is 13.6 Å². The zero-order valence-corrected chi connectivity index (χ0v) is 17.2. The lowest BCUT2D eigenvalue weighted by Gasteiger charge is -2.10. The van der Waals surface area contributed by atoms with Crippen molar-refractivity contribution in [2.24, 2.45) is 0 Å². The SMILES string of the molecule is COC(=O)c1cc(-c2cccc(OC(F)F)c2)nc2c1c(C1CC1)nn2-c1ccccc1. The number of hydrogen-bond donors (Lipinski definition) is 0. The Morgan fingerprint density at radius 1 is 1.09 bits per heavy atom. The van der Waals surface area contributed by atoms with Gasteiger partial charge in [0.1, 0.15) is 5.75 Å². The number of esters is 1. The standard InChI is InChI=1S/C24H19F2N3O3/c1-31-23(30)18-13-19(15-6-5-9-17(12-15)32-24(25)26)27-22-20(18)21(14-10-11-14)28-29(22)16-7-3-2-4-8-16/h2-9,12-14,24H,10-11H2,1H3. The molecule has 0 atom stereocenters. The second-order valence-electron chi connectivity index (χ2n) is 7.56. The minimum atomic E-state index is -2.94. The average Bonchev–Trinajstić information content (AvgIpc) is 3.58. The molecule has 0 aliphatic heterocycles. The Kier molecular flexibility index (Phi) is 5.05. The summed E-state index contributed by atoms with van der Waals surface area (Å²) in [6, 6.07) is 17.4. The molecule has 0 unspecified atom stereocenters. The lowest BCUT2D eigenvalue weighted by molar-refractivity contribution is -0.0498. The molecule has 2 aromatic heterocycles. The molecule has 162 valence electrons. The topological polar surface area (TPSA) is 66.2 Å². The first-order valence-electron chi connectivity index (χ1n) is 10.2. The summed E-state index contributed by atoms with van der Waals surface area (Å²) in [4.78, 5) is 17.6. The maximum absolute atomic E-state index is 12.8. The van der Waals surface area contributed by atoms with Gasteiger partial charge in [-0.3, -0.25) is 0 Å². The number of carbonyl (C=O) groups excluding carboxylic acids is 1. The van der Waals surface area contributed by atoms with Crippen molar-refractivity contribution >= 4 is 17.0 Å². The van der Waals surface area contributed by atoms with Crippen molar-refractivity contribution in [3.8, 4) is 22.7 Å². The fraction of sp³-hybridized carbons (Fsp3) is 0.208. The number of nitrogens with zero attached hydrogens (tertiary/aromatic N) is 3. The van der Waals surface area contributed by atoms with Gasteiger partial charge in [0.2, 0.25) is 0 Å². The van der Waals surface area contributed by atoms with Gasteiger partial charge in [0.25, 0.3) is 0 Å². The van der Waals surface area contributed by atoms with Gasteiger partial charge in [-0.2, -0.15) is 13.9 Å². The third kappa shape index (κ3) is 3.68. The van der Waals surface area contributed by atoms with Crippen LogP contribution in [0.3, 0.4) is 0 Å². The molecule has 2 aromatic carbocycles. The molecule has 0 radical (unpaired) electrons. The molecule has 4 aromatic rings. The first-order chi connectivity index (χ1) is 15.5. The molecule has 32 heavy (non-hydrogen) atoms. The van der Waals surface area contributed by atoms with Gasteiger partial charge >= 0.3 is 12.6 Å². The third-order valence-electron chi connectivity index (χ3n) is 5.39. The number of ether oxygens (including phenoxy) is 2. The summed E-state index contributed by atoms with van der Waals surface area (Å²) in [5.41, 5.74) is 3.44. The van der Waals surface area contributed by atoms with Crippen LogP contribution in [-0.4, -0.2) is 34.5 Å². The van der Waals surface area contributed by atoms with Gasteiger partial charge in [-0.25, -0.2) is 14.5 Å². The van der Waals surface area contributed by atoms with Gasteiger partial charge in [0.15, 0.2) is 5.65 Å². The molecule has 1 aliphatic carbocycles. The molecular weight excluding hydrogens is 416 g/mol. The summed E-state index contributed by atoms with van der Waals surface area (Å²) in [7, 11) is 1.32. The van der Waals surface area contributed by atoms with Crippen molar-refractivity contribution in [3.05, 3.63) is 71.9 Å². The number of para-hydroxylation sites is 1. The number of carbonyl (C=O) groups is 1. The van der Waals surface area contributed by atoms with Gasteiger partial charge in [0.05, 0.1) is 35.1 Å². The molecular formula is C24H19F2N3O3. The predicted octanol–water partition coefficient (Wildman–Crippen LogP) is 5.35. The highest BCUT2D eigenvalue weighted by atomic mass is 19.3. The molecule has 0 N–H and O–H groups in total. The van der Waals surface area contributed by atoms with Crippen LogP contribution in [0.15, 0.2) is 60.7 Å². The van der Waals surface area contributed by atoms with E-state index in [2.05, 4.69) is 4.74 Å². The lowest BCUT2D eigenvalue weighted by Crippen LogP contribution is -2.05. The Morgan fingerprint density at radius 2 is 1.88 bits per heavy atom. The third-order valence-corrected chi connectivity index (χ3v) is 5.39. The van der Waals surface area contributed by atoms with Gasteiger partial charge in [-0.1, -0.05) is 30.3 Å². The van der Waals surface area contributed by atoms with E-state index in [1.54, 1.807) is 22.9 Å². The summed E-state index contributed by atoms with van der Waals surface area (Å²) >= 11 is 0. The molecule has 0 saturated heterocycles. The van der Waals surface area contributed by atoms with Crippen LogP contribution in [0.2, 0.25) is 0 Å². The molecule has 2 heterocycles. The number of methoxy groups -OCH3 is 1. The van der Waals surface area contributed by atoms with Crippen LogP contribution in [0, 0.1) is 0 Å². The van der Waals surface area contributed by atoms with E-state index in [-0.39, 0.29) is 11.7 Å². The number of aromatic nitrogens is 3. The number of pyridine rings is 1. The van der Waals surface area contributed by atoms with Crippen molar-refractivity contribution in [1.29, 1.82) is 0 Å². The van der Waals surface area contributed by atoms with Crippen molar-refractivity contribution in [1.82, 2.24) is 14.8 Å². The normalized spacial score (nSPS) is 13.5. The van der Waals surface area contributed by atoms with Crippen molar-refractivity contribution in [2.45, 2.75) is 25.4 Å². The summed E-state index contributed by atoms with van der Waals surface area (Å²) in [6.07, 6.45) is 1.99. The minimum absolute atomic E-state index is 0.00857. The van der Waals surface area contributed by atoms with Gasteiger partial charge in [0, 0.05) is 11.5 Å². The Hall–Kier alpha value is -3.81. The van der Waals surface area contributed by atoms with E-state index < -0.39 is 12.6 Å². The van der Waals surface area contributed by atoms with Crippen molar-refractivity contribution in [3.63, 3.8) is 0 Å². The van der Waals surface area contributed by atoms with Gasteiger partial charge < -0.3 is 9.47 Å². The molecule has 0 amide bonds. The second-order valence-corrected chi connectivity index (χ2v) is 7.56. The smallest absolute Gasteiger partial charge is 0.387 e. The summed E-state index contributed by atoms with van der Waals surface area (Å²) in [5.74, 6) is -0.233. The molecule has 1 saturated carbocycles. The predicted molar refractivity (Wildman–Crippen MR) is 114 cm³/mol. The van der Waals surface area contributed by atoms with E-state index in [0.717, 1.165) is 24.2 Å². The zero-order chi connectivity index (χ0) is 22.2. The quantitative estimate of drug-likeness (QED) is 0.382. The summed E-state index contributed by atoms with van der Waals surface area (Å²) in [6.45, 7) is -2.94. The number of hydrogen-bond acceptors (Lipinski definition) is 5. The van der Waals surface area contributed by atoms with Gasteiger partial charge in [-0.15, -0.1) is 0 Å². The molecule has 1 aliphatic rings. The Bertz CT molecular complexity index is 1300. The number of halogens is 2. The largest absolute Gasteiger partial charge is 0.465 e. The fourth-order valence-electron chi connectivity index (χ4n) is 3.78. The summed E-state index contributed by atoms with van der Waals surface area (Å²) < 4.78 is 36.7. The summed E-state index contributed by atoms with van der Waals surface area (Å²) in [5, 5.41) is 5.47. The van der Waals surface area contributed by atoms with Crippen molar-refractivity contribution in [2.75, 3.05) is 7.11 Å². The van der Waals surface area contributed by atoms with E-state index in [1.807, 2.05) is 30.3 Å². The van der Waals surface area contributed by atoms with Crippen LogP contribution in [0.5, 0.6) is 5.75 Å². The minimum Gasteiger partial charge on any atom is -0.465 e. The average molecular weight is 435 g/mol. The van der Waals surface area contributed by atoms with E-state index >= 15 is 0 Å². The second kappa shape index (κ2) is 8.03. The monoisotopic (exact) mass is 435 g/mol. The molecule has 0 bridgehead atoms. The van der Waals surface area contributed by atoms with Gasteiger partial charge in [-0.05, 0) is 43.2 Å². The van der Waals surface area contributed by atoms with E-state index in [4.69, 9.17) is 14.8 Å². The lowest BCUT2D eigenvalue weighted by atomic mass is 10.0. The highest BCUT2D eigenvalue weighted by molar-refractivity contribution is 6.05. The van der Waals surface area contributed by atoms with E-state index in [0.29, 0.717) is 27.9 Å². The first-order valence-corrected chi connectivity index (χ1v) is 10.2. The number of benzene rings is 2. The molecule has 0 spiro atoms. The number of rotatable bonds is 6. The molecule has 6 nitrogen and oxygen atoms in total. The van der Waals surface area contributed by atoms with Crippen LogP contribution in [0.1, 0.15) is 34.8 Å². The molecule has 5 rings (SSSR count). The molecule has 8 heteroatoms. The Balaban J connectivity index is 1.77. The van der Waals surface area contributed by atoms with Crippen LogP contribution in [-0.2, 0) is 4.74 Å². The van der Waals surface area contributed by atoms with E-state index in [1.165, 1.54) is 19.2 Å². The fourth-order valence-corrected chi connectivity index (χ4v) is 3.78. The maximum atomic E-state index is 12.8.